The van der Waals surface area contributed by atoms with E-state index in [0.29, 0.717) is 37.5 Å². The van der Waals surface area contributed by atoms with Crippen molar-refractivity contribution in [3.05, 3.63) is 57.8 Å². The van der Waals surface area contributed by atoms with Gasteiger partial charge in [0.2, 0.25) is 0 Å². The third-order valence-electron chi connectivity index (χ3n) is 4.93. The van der Waals surface area contributed by atoms with Crippen molar-refractivity contribution in [2.45, 2.75) is 6.42 Å². The van der Waals surface area contributed by atoms with Crippen LogP contribution in [-0.4, -0.2) is 55.2 Å². The Labute approximate surface area is 200 Å². The molecule has 5 nitrogen and oxygen atoms in total. The largest absolute Gasteiger partial charge is 0.379 e. The molecule has 2 heterocycles. The molecule has 1 saturated heterocycles. The van der Waals surface area contributed by atoms with Gasteiger partial charge < -0.3 is 4.74 Å². The van der Waals surface area contributed by atoms with E-state index in [2.05, 4.69) is 9.88 Å². The lowest BCUT2D eigenvalue weighted by Crippen LogP contribution is -2.39. The maximum absolute atomic E-state index is 13.6. The van der Waals surface area contributed by atoms with Gasteiger partial charge in [-0.1, -0.05) is 34.5 Å². The molecule has 1 fully saturated rings. The van der Waals surface area contributed by atoms with Crippen LogP contribution in [0.25, 0.3) is 10.2 Å². The van der Waals surface area contributed by atoms with Gasteiger partial charge >= 0.3 is 0 Å². The molecule has 4 rings (SSSR count). The number of carbonyl (C=O) groups excluding carboxylic acids is 1. The number of thiazole rings is 1. The topological polar surface area (TPSA) is 45.7 Å². The number of aromatic nitrogens is 1. The molecule has 1 aromatic heterocycles. The first-order valence-electron chi connectivity index (χ1n) is 9.64. The highest BCUT2D eigenvalue weighted by molar-refractivity contribution is 7.22. The van der Waals surface area contributed by atoms with E-state index in [1.807, 2.05) is 0 Å². The van der Waals surface area contributed by atoms with Crippen LogP contribution in [0.5, 0.6) is 0 Å². The number of amides is 1. The molecule has 0 spiro atoms. The molecule has 10 heteroatoms. The van der Waals surface area contributed by atoms with Crippen molar-refractivity contribution in [2.75, 3.05) is 44.3 Å². The average molecular weight is 505 g/mol. The first kappa shape index (κ1) is 24.2. The summed E-state index contributed by atoms with van der Waals surface area (Å²) in [6.07, 6.45) is 0.758. The zero-order valence-electron chi connectivity index (χ0n) is 16.5. The van der Waals surface area contributed by atoms with E-state index < -0.39 is 0 Å². The number of halogens is 4. The molecular weight excluding hydrogens is 484 g/mol. The fourth-order valence-electron chi connectivity index (χ4n) is 3.37. The second-order valence-corrected chi connectivity index (χ2v) is 8.85. The maximum Gasteiger partial charge on any atom is 0.261 e. The first-order valence-corrected chi connectivity index (χ1v) is 11.2. The molecule has 0 unspecified atom stereocenters. The molecule has 0 radical (unpaired) electrons. The fourth-order valence-corrected chi connectivity index (χ4v) is 4.76. The molecule has 1 amide bonds. The van der Waals surface area contributed by atoms with Crippen LogP contribution in [0.4, 0.5) is 9.52 Å². The van der Waals surface area contributed by atoms with Crippen molar-refractivity contribution in [1.82, 2.24) is 9.88 Å². The zero-order valence-corrected chi connectivity index (χ0v) is 19.7. The molecule has 3 aromatic rings. The molecule has 0 aliphatic carbocycles. The van der Waals surface area contributed by atoms with Gasteiger partial charge in [0.15, 0.2) is 5.13 Å². The second-order valence-electron chi connectivity index (χ2n) is 7.00. The van der Waals surface area contributed by atoms with Crippen molar-refractivity contribution >= 4 is 68.2 Å². The summed E-state index contributed by atoms with van der Waals surface area (Å²) in [5, 5.41) is 1.27. The average Bonchev–Trinajstić information content (AvgIpc) is 3.16. The Kier molecular flexibility index (Phi) is 8.50. The molecule has 0 bridgehead atoms. The number of carbonyl (C=O) groups is 1. The van der Waals surface area contributed by atoms with Gasteiger partial charge in [-0.15, -0.1) is 12.4 Å². The number of ether oxygens (including phenoxy) is 1. The summed E-state index contributed by atoms with van der Waals surface area (Å²) < 4.78 is 19.7. The maximum atomic E-state index is 13.6. The van der Waals surface area contributed by atoms with Crippen molar-refractivity contribution in [1.29, 1.82) is 0 Å². The summed E-state index contributed by atoms with van der Waals surface area (Å²) in [7, 11) is 0. The lowest BCUT2D eigenvalue weighted by atomic mass is 10.2. The third-order valence-corrected chi connectivity index (χ3v) is 6.54. The number of hydrogen-bond acceptors (Lipinski definition) is 5. The summed E-state index contributed by atoms with van der Waals surface area (Å²) in [6.45, 7) is 4.52. The number of fused-ring (bicyclic) bond motifs is 1. The third kappa shape index (κ3) is 5.86. The van der Waals surface area contributed by atoms with E-state index >= 15 is 0 Å². The summed E-state index contributed by atoms with van der Waals surface area (Å²) in [5.41, 5.74) is 0.973. The van der Waals surface area contributed by atoms with Gasteiger partial charge in [-0.05, 0) is 42.8 Å². The van der Waals surface area contributed by atoms with E-state index in [1.165, 1.54) is 23.5 Å². The molecule has 166 valence electrons. The van der Waals surface area contributed by atoms with Crippen LogP contribution in [-0.2, 0) is 4.74 Å². The molecular formula is C21H21Cl3FN3O2S. The summed E-state index contributed by atoms with van der Waals surface area (Å²) >= 11 is 13.7. The van der Waals surface area contributed by atoms with Crippen LogP contribution in [0.1, 0.15) is 16.8 Å². The molecule has 1 aliphatic heterocycles. The Morgan fingerprint density at radius 2 is 1.97 bits per heavy atom. The minimum absolute atomic E-state index is 0. The number of hydrogen-bond donors (Lipinski definition) is 0. The van der Waals surface area contributed by atoms with E-state index in [-0.39, 0.29) is 24.1 Å². The van der Waals surface area contributed by atoms with Gasteiger partial charge in [-0.2, -0.15) is 0 Å². The summed E-state index contributed by atoms with van der Waals surface area (Å²) in [5.74, 6) is -0.607. The fraction of sp³-hybridized carbons (Fsp3) is 0.333. The van der Waals surface area contributed by atoms with E-state index in [9.17, 15) is 9.18 Å². The SMILES string of the molecule is Cl.O=C(c1cc(Cl)ccc1Cl)N(CCCN1CCOCC1)c1nc2ccc(F)cc2s1. The van der Waals surface area contributed by atoms with Gasteiger partial charge in [-0.25, -0.2) is 9.37 Å². The monoisotopic (exact) mass is 503 g/mol. The van der Waals surface area contributed by atoms with Gasteiger partial charge in [-0.3, -0.25) is 14.6 Å². The van der Waals surface area contributed by atoms with Gasteiger partial charge in [0.25, 0.3) is 5.91 Å². The predicted octanol–water partition coefficient (Wildman–Crippen LogP) is 5.53. The van der Waals surface area contributed by atoms with Gasteiger partial charge in [0.1, 0.15) is 5.82 Å². The molecule has 0 saturated carbocycles. The zero-order chi connectivity index (χ0) is 21.1. The Morgan fingerprint density at radius 1 is 1.19 bits per heavy atom. The number of nitrogens with zero attached hydrogens (tertiary/aromatic N) is 3. The highest BCUT2D eigenvalue weighted by atomic mass is 35.5. The number of benzene rings is 2. The van der Waals surface area contributed by atoms with Gasteiger partial charge in [0, 0.05) is 31.2 Å². The Bertz CT molecular complexity index is 1060. The Morgan fingerprint density at radius 3 is 2.74 bits per heavy atom. The molecule has 31 heavy (non-hydrogen) atoms. The van der Waals surface area contributed by atoms with Crippen LogP contribution in [0, 0.1) is 5.82 Å². The molecule has 0 N–H and O–H groups in total. The Balaban J connectivity index is 0.00000272. The van der Waals surface area contributed by atoms with Crippen LogP contribution in [0.3, 0.4) is 0 Å². The number of anilines is 1. The quantitative estimate of drug-likeness (QED) is 0.443. The standard InChI is InChI=1S/C21H20Cl2FN3O2S.ClH/c22-14-2-4-17(23)16(12-14)20(28)27(7-1-6-26-8-10-29-11-9-26)21-25-18-5-3-15(24)13-19(18)30-21;/h2-5,12-13H,1,6-11H2;1H. The minimum atomic E-state index is -0.333. The smallest absolute Gasteiger partial charge is 0.261 e. The summed E-state index contributed by atoms with van der Waals surface area (Å²) in [6, 6.07) is 9.23. The first-order chi connectivity index (χ1) is 14.5. The molecule has 1 aliphatic rings. The molecule has 0 atom stereocenters. The lowest BCUT2D eigenvalue weighted by molar-refractivity contribution is 0.0376. The Hall–Kier alpha value is -1.48. The van der Waals surface area contributed by atoms with E-state index in [1.54, 1.807) is 29.2 Å². The van der Waals surface area contributed by atoms with Crippen LogP contribution in [0.2, 0.25) is 10.0 Å². The normalized spacial score (nSPS) is 14.4. The lowest BCUT2D eigenvalue weighted by Gasteiger charge is -2.27. The van der Waals surface area contributed by atoms with Crippen LogP contribution in [0.15, 0.2) is 36.4 Å². The van der Waals surface area contributed by atoms with Crippen LogP contribution < -0.4 is 4.90 Å². The van der Waals surface area contributed by atoms with Crippen molar-refractivity contribution in [2.24, 2.45) is 0 Å². The van der Waals surface area contributed by atoms with Crippen molar-refractivity contribution < 1.29 is 13.9 Å². The highest BCUT2D eigenvalue weighted by Crippen LogP contribution is 2.32. The second kappa shape index (κ2) is 10.9. The highest BCUT2D eigenvalue weighted by Gasteiger charge is 2.24. The van der Waals surface area contributed by atoms with Crippen molar-refractivity contribution in [3.63, 3.8) is 0 Å². The van der Waals surface area contributed by atoms with Crippen molar-refractivity contribution in [3.8, 4) is 0 Å². The summed E-state index contributed by atoms with van der Waals surface area (Å²) in [4.78, 5) is 21.9. The van der Waals surface area contributed by atoms with Crippen LogP contribution >= 0.6 is 46.9 Å². The minimum Gasteiger partial charge on any atom is -0.379 e. The molecule has 2 aromatic carbocycles. The van der Waals surface area contributed by atoms with E-state index in [0.717, 1.165) is 39.3 Å². The number of rotatable bonds is 6. The predicted molar refractivity (Wildman–Crippen MR) is 127 cm³/mol. The van der Waals surface area contributed by atoms with E-state index in [4.69, 9.17) is 27.9 Å². The number of morpholine rings is 1. The van der Waals surface area contributed by atoms with Gasteiger partial charge in [0.05, 0.1) is 34.0 Å².